The van der Waals surface area contributed by atoms with Gasteiger partial charge in [0.1, 0.15) is 0 Å². The monoisotopic (exact) mass is 334 g/mol. The Hall–Kier alpha value is -0.0800. The van der Waals surface area contributed by atoms with Crippen LogP contribution in [0, 0.1) is 40.4 Å². The molecule has 4 rings (SSSR count). The van der Waals surface area contributed by atoms with Crippen molar-refractivity contribution in [2.45, 2.75) is 97.2 Å². The first-order valence-corrected chi connectivity index (χ1v) is 10.8. The fourth-order valence-electron chi connectivity index (χ4n) is 8.19. The number of rotatable bonds is 2. The molecule has 0 spiro atoms. The molecular weight excluding hydrogens is 296 g/mol. The molecule has 0 aliphatic heterocycles. The Morgan fingerprint density at radius 3 is 2.38 bits per heavy atom. The number of aliphatic hydroxyl groups is 2. The molecule has 0 bridgehead atoms. The summed E-state index contributed by atoms with van der Waals surface area (Å²) in [6, 6.07) is 0. The molecule has 4 saturated carbocycles. The average Bonchev–Trinajstić information content (AvgIpc) is 2.92. The molecule has 2 heteroatoms. The molecule has 0 aromatic rings. The van der Waals surface area contributed by atoms with E-state index >= 15 is 0 Å². The fourth-order valence-corrected chi connectivity index (χ4v) is 8.19. The second-order valence-corrected chi connectivity index (χ2v) is 10.3. The van der Waals surface area contributed by atoms with E-state index in [4.69, 9.17) is 0 Å². The largest absolute Gasteiger partial charge is 0.393 e. The molecule has 2 nitrogen and oxygen atoms in total. The Morgan fingerprint density at radius 2 is 1.62 bits per heavy atom. The van der Waals surface area contributed by atoms with Crippen LogP contribution in [-0.2, 0) is 0 Å². The molecular formula is C22H38O2. The molecule has 4 fully saturated rings. The molecule has 138 valence electrons. The molecule has 4 aliphatic rings. The van der Waals surface area contributed by atoms with Gasteiger partial charge in [0.2, 0.25) is 0 Å². The van der Waals surface area contributed by atoms with E-state index in [2.05, 4.69) is 20.8 Å². The minimum atomic E-state index is -0.0895. The molecule has 0 radical (unpaired) electrons. The minimum absolute atomic E-state index is 0.0379. The lowest BCUT2D eigenvalue weighted by Crippen LogP contribution is -2.54. The van der Waals surface area contributed by atoms with Crippen LogP contribution in [0.2, 0.25) is 0 Å². The zero-order valence-electron chi connectivity index (χ0n) is 16.0. The van der Waals surface area contributed by atoms with Crippen LogP contribution in [0.1, 0.15) is 85.0 Å². The Balaban J connectivity index is 1.59. The molecule has 0 heterocycles. The Morgan fingerprint density at radius 1 is 0.917 bits per heavy atom. The molecule has 24 heavy (non-hydrogen) atoms. The molecule has 0 amide bonds. The lowest BCUT2D eigenvalue weighted by atomic mass is 9.44. The maximum Gasteiger partial charge on any atom is 0.0571 e. The topological polar surface area (TPSA) is 40.5 Å². The second-order valence-electron chi connectivity index (χ2n) is 10.3. The minimum Gasteiger partial charge on any atom is -0.393 e. The summed E-state index contributed by atoms with van der Waals surface area (Å²) in [5.74, 6) is 3.89. The van der Waals surface area contributed by atoms with Crippen LogP contribution in [-0.4, -0.2) is 22.4 Å². The van der Waals surface area contributed by atoms with Crippen molar-refractivity contribution in [1.29, 1.82) is 0 Å². The quantitative estimate of drug-likeness (QED) is 0.763. The zero-order chi connectivity index (χ0) is 17.1. The summed E-state index contributed by atoms with van der Waals surface area (Å²) in [5, 5.41) is 20.7. The van der Waals surface area contributed by atoms with E-state index in [0.717, 1.165) is 42.9 Å². The van der Waals surface area contributed by atoms with E-state index in [-0.39, 0.29) is 12.2 Å². The van der Waals surface area contributed by atoms with Gasteiger partial charge in [0, 0.05) is 0 Å². The normalized spacial score (nSPS) is 55.4. The summed E-state index contributed by atoms with van der Waals surface area (Å²) >= 11 is 0. The van der Waals surface area contributed by atoms with Crippen molar-refractivity contribution in [3.05, 3.63) is 0 Å². The third kappa shape index (κ3) is 2.35. The lowest BCUT2D eigenvalue weighted by molar-refractivity contribution is -0.133. The van der Waals surface area contributed by atoms with Gasteiger partial charge in [-0.15, -0.1) is 0 Å². The molecule has 0 aromatic heterocycles. The van der Waals surface area contributed by atoms with Gasteiger partial charge in [-0.05, 0) is 105 Å². The maximum atomic E-state index is 10.6. The van der Waals surface area contributed by atoms with Gasteiger partial charge in [0.15, 0.2) is 0 Å². The van der Waals surface area contributed by atoms with E-state index in [0.29, 0.717) is 16.7 Å². The lowest BCUT2D eigenvalue weighted by Gasteiger charge is -2.61. The van der Waals surface area contributed by atoms with Crippen molar-refractivity contribution in [1.82, 2.24) is 0 Å². The number of hydrogen-bond donors (Lipinski definition) is 2. The first-order chi connectivity index (χ1) is 11.4. The highest BCUT2D eigenvalue weighted by atomic mass is 16.3. The standard InChI is InChI=1S/C22H38O2/c1-4-20(24)19-8-7-17-16-6-5-14-13-15(23)9-11-21(14,2)18(16)10-12-22(17,19)3/h14-20,23-24H,4-13H2,1-3H3/t14?,15-,16+,17+,18+,19-,20?,21+,22+/m1/s1. The highest BCUT2D eigenvalue weighted by Crippen LogP contribution is 2.67. The summed E-state index contributed by atoms with van der Waals surface area (Å²) in [6.07, 6.45) is 12.1. The zero-order valence-corrected chi connectivity index (χ0v) is 16.0. The van der Waals surface area contributed by atoms with E-state index in [1.165, 1.54) is 44.9 Å². The molecule has 9 atom stereocenters. The summed E-state index contributed by atoms with van der Waals surface area (Å²) < 4.78 is 0. The van der Waals surface area contributed by atoms with Gasteiger partial charge in [-0.25, -0.2) is 0 Å². The average molecular weight is 335 g/mol. The predicted octanol–water partition coefficient (Wildman–Crippen LogP) is 4.78. The van der Waals surface area contributed by atoms with Crippen molar-refractivity contribution in [3.8, 4) is 0 Å². The van der Waals surface area contributed by atoms with Crippen molar-refractivity contribution < 1.29 is 10.2 Å². The van der Waals surface area contributed by atoms with Gasteiger partial charge >= 0.3 is 0 Å². The maximum absolute atomic E-state index is 10.6. The van der Waals surface area contributed by atoms with Crippen molar-refractivity contribution in [2.75, 3.05) is 0 Å². The van der Waals surface area contributed by atoms with Crippen LogP contribution < -0.4 is 0 Å². The highest BCUT2D eigenvalue weighted by Gasteiger charge is 2.60. The highest BCUT2D eigenvalue weighted by molar-refractivity contribution is 5.09. The van der Waals surface area contributed by atoms with E-state index in [1.807, 2.05) is 0 Å². The molecule has 2 unspecified atom stereocenters. The van der Waals surface area contributed by atoms with E-state index in [1.54, 1.807) is 0 Å². The third-order valence-corrected chi connectivity index (χ3v) is 9.59. The molecule has 0 saturated heterocycles. The Labute approximate surface area is 148 Å². The SMILES string of the molecule is CCC(O)[C@H]1CC[C@H]2[C@@H]3CCC4C[C@H](O)CC[C@]4(C)[C@H]3CC[C@]12C. The van der Waals surface area contributed by atoms with Crippen LogP contribution >= 0.6 is 0 Å². The third-order valence-electron chi connectivity index (χ3n) is 9.59. The number of aliphatic hydroxyl groups excluding tert-OH is 2. The van der Waals surface area contributed by atoms with Crippen LogP contribution in [0.4, 0.5) is 0 Å². The Bertz CT molecular complexity index is 477. The van der Waals surface area contributed by atoms with Gasteiger partial charge in [-0.2, -0.15) is 0 Å². The smallest absolute Gasteiger partial charge is 0.0571 e. The summed E-state index contributed by atoms with van der Waals surface area (Å²) in [6.45, 7) is 7.23. The first-order valence-electron chi connectivity index (χ1n) is 10.8. The fraction of sp³-hybridized carbons (Fsp3) is 1.00. The van der Waals surface area contributed by atoms with Gasteiger partial charge in [0.05, 0.1) is 12.2 Å². The molecule has 4 aliphatic carbocycles. The second kappa shape index (κ2) is 5.98. The van der Waals surface area contributed by atoms with Gasteiger partial charge < -0.3 is 10.2 Å². The van der Waals surface area contributed by atoms with Crippen LogP contribution in [0.15, 0.2) is 0 Å². The van der Waals surface area contributed by atoms with Crippen LogP contribution in [0.5, 0.6) is 0 Å². The van der Waals surface area contributed by atoms with Crippen LogP contribution in [0.25, 0.3) is 0 Å². The van der Waals surface area contributed by atoms with E-state index in [9.17, 15) is 10.2 Å². The van der Waals surface area contributed by atoms with E-state index < -0.39 is 0 Å². The summed E-state index contributed by atoms with van der Waals surface area (Å²) in [4.78, 5) is 0. The van der Waals surface area contributed by atoms with Crippen LogP contribution in [0.3, 0.4) is 0 Å². The van der Waals surface area contributed by atoms with Crippen molar-refractivity contribution >= 4 is 0 Å². The van der Waals surface area contributed by atoms with Crippen molar-refractivity contribution in [2.24, 2.45) is 40.4 Å². The summed E-state index contributed by atoms with van der Waals surface area (Å²) in [5.41, 5.74) is 0.860. The van der Waals surface area contributed by atoms with Gasteiger partial charge in [-0.1, -0.05) is 20.8 Å². The Kier molecular flexibility index (Phi) is 4.32. The number of hydrogen-bond acceptors (Lipinski definition) is 2. The van der Waals surface area contributed by atoms with Gasteiger partial charge in [0.25, 0.3) is 0 Å². The number of fused-ring (bicyclic) bond motifs is 5. The summed E-state index contributed by atoms with van der Waals surface area (Å²) in [7, 11) is 0. The van der Waals surface area contributed by atoms with Crippen molar-refractivity contribution in [3.63, 3.8) is 0 Å². The molecule has 2 N–H and O–H groups in total. The first kappa shape index (κ1) is 17.3. The predicted molar refractivity (Wildman–Crippen MR) is 97.5 cm³/mol. The molecule has 0 aromatic carbocycles. The van der Waals surface area contributed by atoms with Gasteiger partial charge in [-0.3, -0.25) is 0 Å².